The molecule has 10 heteroatoms. The topological polar surface area (TPSA) is 93.3 Å². The second-order valence-electron chi connectivity index (χ2n) is 3.74. The zero-order chi connectivity index (χ0) is 15.6. The second-order valence-corrected chi connectivity index (χ2v) is 5.86. The molecule has 0 aliphatic rings. The van der Waals surface area contributed by atoms with Crippen LogP contribution in [0.25, 0.3) is 0 Å². The first-order valence-electron chi connectivity index (χ1n) is 5.35. The van der Waals surface area contributed by atoms with Crippen LogP contribution in [0.2, 0.25) is 0 Å². The highest BCUT2D eigenvalue weighted by atomic mass is 32.2. The highest BCUT2D eigenvalue weighted by molar-refractivity contribution is 8.01. The SMILES string of the molecule is O=C(O)Cc1csc(Sc2c([N+](=O)[O-])ccc(F)c2F)n1. The van der Waals surface area contributed by atoms with Crippen LogP contribution in [0.4, 0.5) is 14.5 Å². The van der Waals surface area contributed by atoms with Crippen molar-refractivity contribution in [2.24, 2.45) is 0 Å². The number of carboxylic acids is 1. The van der Waals surface area contributed by atoms with Crippen LogP contribution >= 0.6 is 23.1 Å². The number of nitro groups is 1. The van der Waals surface area contributed by atoms with Gasteiger partial charge in [0.25, 0.3) is 5.69 Å². The summed E-state index contributed by atoms with van der Waals surface area (Å²) in [6, 6.07) is 1.54. The van der Waals surface area contributed by atoms with Crippen molar-refractivity contribution >= 4 is 34.8 Å². The average molecular weight is 332 g/mol. The molecule has 0 bridgehead atoms. The van der Waals surface area contributed by atoms with E-state index in [0.717, 1.165) is 17.4 Å². The number of nitro benzene ring substituents is 1. The molecular weight excluding hydrogens is 326 g/mol. The average Bonchev–Trinajstić information content (AvgIpc) is 2.81. The summed E-state index contributed by atoms with van der Waals surface area (Å²) in [4.78, 5) is 24.0. The summed E-state index contributed by atoms with van der Waals surface area (Å²) in [5, 5.41) is 20.9. The van der Waals surface area contributed by atoms with Gasteiger partial charge in [0, 0.05) is 11.4 Å². The van der Waals surface area contributed by atoms with E-state index in [4.69, 9.17) is 5.11 Å². The molecule has 0 saturated heterocycles. The molecule has 2 aromatic rings. The Labute approximate surface area is 124 Å². The van der Waals surface area contributed by atoms with E-state index in [-0.39, 0.29) is 16.5 Å². The van der Waals surface area contributed by atoms with Gasteiger partial charge in [-0.15, -0.1) is 11.3 Å². The van der Waals surface area contributed by atoms with Crippen molar-refractivity contribution in [1.82, 2.24) is 4.98 Å². The molecule has 0 fully saturated rings. The number of hydrogen-bond acceptors (Lipinski definition) is 6. The zero-order valence-corrected chi connectivity index (χ0v) is 11.7. The molecule has 1 aromatic heterocycles. The van der Waals surface area contributed by atoms with E-state index in [1.54, 1.807) is 0 Å². The monoisotopic (exact) mass is 332 g/mol. The summed E-state index contributed by atoms with van der Waals surface area (Å²) in [5.41, 5.74) is -0.330. The highest BCUT2D eigenvalue weighted by Gasteiger charge is 2.23. The Balaban J connectivity index is 2.34. The predicted molar refractivity (Wildman–Crippen MR) is 70.6 cm³/mol. The van der Waals surface area contributed by atoms with Crippen LogP contribution in [0, 0.1) is 21.7 Å². The highest BCUT2D eigenvalue weighted by Crippen LogP contribution is 2.38. The van der Waals surface area contributed by atoms with Crippen molar-refractivity contribution in [3.8, 4) is 0 Å². The zero-order valence-electron chi connectivity index (χ0n) is 10.1. The van der Waals surface area contributed by atoms with Crippen LogP contribution in [0.1, 0.15) is 5.69 Å². The molecule has 0 unspecified atom stereocenters. The Morgan fingerprint density at radius 3 is 2.81 bits per heavy atom. The summed E-state index contributed by atoms with van der Waals surface area (Å²) < 4.78 is 27.1. The Morgan fingerprint density at radius 1 is 1.48 bits per heavy atom. The molecular formula is C11H6F2N2O4S2. The van der Waals surface area contributed by atoms with Gasteiger partial charge in [-0.2, -0.15) is 0 Å². The number of thiazole rings is 1. The number of rotatable bonds is 5. The summed E-state index contributed by atoms with van der Waals surface area (Å²) in [6.45, 7) is 0. The van der Waals surface area contributed by atoms with Crippen LogP contribution in [0.3, 0.4) is 0 Å². The van der Waals surface area contributed by atoms with Gasteiger partial charge in [-0.05, 0) is 17.8 Å². The fourth-order valence-electron chi connectivity index (χ4n) is 1.42. The molecule has 0 amide bonds. The van der Waals surface area contributed by atoms with Gasteiger partial charge in [0.15, 0.2) is 16.0 Å². The largest absolute Gasteiger partial charge is 0.481 e. The number of hydrogen-bond donors (Lipinski definition) is 1. The van der Waals surface area contributed by atoms with E-state index in [9.17, 15) is 23.7 Å². The molecule has 1 heterocycles. The molecule has 0 radical (unpaired) electrons. The molecule has 2 rings (SSSR count). The van der Waals surface area contributed by atoms with Gasteiger partial charge in [0.1, 0.15) is 4.90 Å². The number of halogens is 2. The minimum Gasteiger partial charge on any atom is -0.481 e. The number of aliphatic carboxylic acids is 1. The van der Waals surface area contributed by atoms with E-state index in [1.807, 2.05) is 0 Å². The van der Waals surface area contributed by atoms with Crippen LogP contribution in [-0.4, -0.2) is 21.0 Å². The molecule has 110 valence electrons. The second kappa shape index (κ2) is 6.14. The van der Waals surface area contributed by atoms with E-state index in [0.29, 0.717) is 17.8 Å². The number of aromatic nitrogens is 1. The maximum Gasteiger partial charge on any atom is 0.309 e. The first-order chi connectivity index (χ1) is 9.88. The number of nitrogens with zero attached hydrogens (tertiary/aromatic N) is 2. The Bertz CT molecular complexity index is 720. The summed E-state index contributed by atoms with van der Waals surface area (Å²) in [7, 11) is 0. The fourth-order valence-corrected chi connectivity index (χ4v) is 3.32. The van der Waals surface area contributed by atoms with E-state index in [1.165, 1.54) is 5.38 Å². The van der Waals surface area contributed by atoms with Crippen molar-refractivity contribution in [3.05, 3.63) is 45.0 Å². The van der Waals surface area contributed by atoms with Gasteiger partial charge < -0.3 is 5.11 Å². The first kappa shape index (κ1) is 15.3. The van der Waals surface area contributed by atoms with Crippen molar-refractivity contribution in [2.45, 2.75) is 15.7 Å². The third-order valence-electron chi connectivity index (χ3n) is 2.28. The molecule has 0 spiro atoms. The molecule has 0 saturated carbocycles. The Hall–Kier alpha value is -2.07. The van der Waals surface area contributed by atoms with Crippen LogP contribution in [0.5, 0.6) is 0 Å². The lowest BCUT2D eigenvalue weighted by Gasteiger charge is -2.02. The van der Waals surface area contributed by atoms with Crippen molar-refractivity contribution in [2.75, 3.05) is 0 Å². The third-order valence-corrected chi connectivity index (χ3v) is 4.36. The minimum absolute atomic E-state index is 0.193. The van der Waals surface area contributed by atoms with E-state index < -0.39 is 33.1 Å². The quantitative estimate of drug-likeness (QED) is 0.668. The summed E-state index contributed by atoms with van der Waals surface area (Å²) in [5.74, 6) is -3.62. The number of benzene rings is 1. The van der Waals surface area contributed by atoms with E-state index >= 15 is 0 Å². The van der Waals surface area contributed by atoms with Crippen LogP contribution in [-0.2, 0) is 11.2 Å². The summed E-state index contributed by atoms with van der Waals surface area (Å²) >= 11 is 1.59. The molecule has 21 heavy (non-hydrogen) atoms. The molecule has 1 N–H and O–H groups in total. The molecule has 6 nitrogen and oxygen atoms in total. The van der Waals surface area contributed by atoms with Crippen LogP contribution < -0.4 is 0 Å². The van der Waals surface area contributed by atoms with E-state index in [2.05, 4.69) is 4.98 Å². The summed E-state index contributed by atoms with van der Waals surface area (Å²) in [6.07, 6.45) is -0.315. The minimum atomic E-state index is -1.33. The van der Waals surface area contributed by atoms with Crippen LogP contribution in [0.15, 0.2) is 26.7 Å². The lowest BCUT2D eigenvalue weighted by molar-refractivity contribution is -0.388. The molecule has 0 aliphatic carbocycles. The number of carbonyl (C=O) groups is 1. The maximum absolute atomic E-state index is 13.7. The van der Waals surface area contributed by atoms with Gasteiger partial charge in [0.05, 0.1) is 17.0 Å². The predicted octanol–water partition coefficient (Wildman–Crippen LogP) is 3.11. The lowest BCUT2D eigenvalue weighted by atomic mass is 10.3. The van der Waals surface area contributed by atoms with Gasteiger partial charge in [-0.3, -0.25) is 14.9 Å². The normalized spacial score (nSPS) is 10.6. The lowest BCUT2D eigenvalue weighted by Crippen LogP contribution is -2.00. The first-order valence-corrected chi connectivity index (χ1v) is 7.04. The Morgan fingerprint density at radius 2 is 2.19 bits per heavy atom. The Kier molecular flexibility index (Phi) is 4.48. The van der Waals surface area contributed by atoms with Crippen molar-refractivity contribution in [3.63, 3.8) is 0 Å². The van der Waals surface area contributed by atoms with Crippen molar-refractivity contribution < 1.29 is 23.6 Å². The van der Waals surface area contributed by atoms with Gasteiger partial charge in [0.2, 0.25) is 0 Å². The molecule has 0 aliphatic heterocycles. The standard InChI is InChI=1S/C11H6F2N2O4S2/c12-6-1-2-7(15(18)19)10(9(6)13)21-11-14-5(4-20-11)3-8(16)17/h1-2,4H,3H2,(H,16,17). The van der Waals surface area contributed by atoms with Gasteiger partial charge in [-0.1, -0.05) is 0 Å². The third kappa shape index (κ3) is 3.52. The number of carboxylic acid groups (broad SMARTS) is 1. The fraction of sp³-hybridized carbons (Fsp3) is 0.0909. The maximum atomic E-state index is 13.7. The molecule has 1 aromatic carbocycles. The molecule has 0 atom stereocenters. The smallest absolute Gasteiger partial charge is 0.309 e. The van der Waals surface area contributed by atoms with Gasteiger partial charge >= 0.3 is 5.97 Å². The van der Waals surface area contributed by atoms with Gasteiger partial charge in [-0.25, -0.2) is 13.8 Å². The van der Waals surface area contributed by atoms with Crippen molar-refractivity contribution in [1.29, 1.82) is 0 Å².